The van der Waals surface area contributed by atoms with Gasteiger partial charge in [-0.15, -0.1) is 0 Å². The Balaban J connectivity index is 1.70. The monoisotopic (exact) mass is 576 g/mol. The molecule has 2 saturated heterocycles. The molecule has 5 rings (SSSR count). The lowest BCUT2D eigenvalue weighted by molar-refractivity contribution is -0.231. The number of benzene rings is 2. The highest BCUT2D eigenvalue weighted by Gasteiger charge is 2.54. The van der Waals surface area contributed by atoms with Crippen LogP contribution in [0.2, 0.25) is 0 Å². The minimum Gasteiger partial charge on any atom is -0.508 e. The number of aliphatic hydroxyl groups is 8. The number of hydrogen-bond donors (Lipinski definition) is 9. The topological polar surface area (TPSA) is 231 Å². The van der Waals surface area contributed by atoms with Crippen molar-refractivity contribution < 1.29 is 59.8 Å². The molecule has 0 radical (unpaired) electrons. The molecule has 0 amide bonds. The molecule has 13 nitrogen and oxygen atoms in total. The Morgan fingerprint density at radius 2 is 1.49 bits per heavy atom. The molecule has 2 fully saturated rings. The summed E-state index contributed by atoms with van der Waals surface area (Å²) in [5, 5.41) is 92.3. The van der Waals surface area contributed by atoms with Gasteiger partial charge in [0.15, 0.2) is 0 Å². The maximum atomic E-state index is 13.6. The van der Waals surface area contributed by atoms with Crippen LogP contribution in [0.3, 0.4) is 0 Å². The summed E-state index contributed by atoms with van der Waals surface area (Å²) in [5.74, 6) is -0.00356. The second-order valence-electron chi connectivity index (χ2n) is 10.5. The summed E-state index contributed by atoms with van der Waals surface area (Å²) < 4.78 is 17.4. The van der Waals surface area contributed by atoms with Crippen LogP contribution in [0.4, 0.5) is 0 Å². The van der Waals surface area contributed by atoms with Gasteiger partial charge in [-0.25, -0.2) is 0 Å². The fraction of sp³-hybridized carbons (Fsp3) is 0.464. The van der Waals surface area contributed by atoms with Gasteiger partial charge in [0.05, 0.1) is 30.8 Å². The summed E-state index contributed by atoms with van der Waals surface area (Å²) in [6.07, 6.45) is -11.5. The number of hydrogen-bond acceptors (Lipinski definition) is 13. The first-order valence-corrected chi connectivity index (χ1v) is 13.0. The third-order valence-electron chi connectivity index (χ3n) is 7.99. The van der Waals surface area contributed by atoms with Crippen LogP contribution in [0.1, 0.15) is 17.2 Å². The molecule has 3 heterocycles. The number of phenolic OH excluding ortho intramolecular Hbond substituents is 1. The summed E-state index contributed by atoms with van der Waals surface area (Å²) in [4.78, 5) is 13.6. The van der Waals surface area contributed by atoms with Crippen LogP contribution >= 0.6 is 0 Å². The average molecular weight is 577 g/mol. The first-order chi connectivity index (χ1) is 19.6. The van der Waals surface area contributed by atoms with Crippen molar-refractivity contribution in [2.75, 3.05) is 19.8 Å². The SMILES string of the molecule is O=c1c(-c2ccc(O)cc2)coc2c([C@@H]3O[C@H](CO)[C@@H](O)[C@H](O)[C@H]3O)c(C[C@@]3(CO)O[C@H](CO)[C@@H](O)[C@@H]3O)ccc12. The summed E-state index contributed by atoms with van der Waals surface area (Å²) in [5.41, 5.74) is -1.57. The molecule has 2 aliphatic rings. The van der Waals surface area contributed by atoms with E-state index in [0.29, 0.717) is 5.56 Å². The van der Waals surface area contributed by atoms with Gasteiger partial charge < -0.3 is 59.8 Å². The average Bonchev–Trinajstić information content (AvgIpc) is 3.22. The minimum absolute atomic E-state index is 0.00356. The van der Waals surface area contributed by atoms with E-state index in [9.17, 15) is 50.8 Å². The van der Waals surface area contributed by atoms with Crippen LogP contribution < -0.4 is 5.43 Å². The van der Waals surface area contributed by atoms with E-state index >= 15 is 0 Å². The molecule has 13 heteroatoms. The van der Waals surface area contributed by atoms with Gasteiger partial charge in [-0.3, -0.25) is 4.79 Å². The molecule has 2 aromatic carbocycles. The lowest BCUT2D eigenvalue weighted by Crippen LogP contribution is -2.55. The number of ether oxygens (including phenoxy) is 2. The zero-order valence-electron chi connectivity index (χ0n) is 21.6. The molecule has 3 aromatic rings. The Kier molecular flexibility index (Phi) is 8.20. The van der Waals surface area contributed by atoms with Crippen molar-refractivity contribution in [1.29, 1.82) is 0 Å². The molecular formula is C28H32O13. The molecular weight excluding hydrogens is 544 g/mol. The van der Waals surface area contributed by atoms with Gasteiger partial charge in [-0.2, -0.15) is 0 Å². The molecule has 41 heavy (non-hydrogen) atoms. The Bertz CT molecular complexity index is 1440. The summed E-state index contributed by atoms with van der Waals surface area (Å²) >= 11 is 0. The van der Waals surface area contributed by atoms with Crippen LogP contribution in [0.5, 0.6) is 5.75 Å². The van der Waals surface area contributed by atoms with Crippen molar-refractivity contribution in [3.8, 4) is 16.9 Å². The standard InChI is InChI=1S/C28H32O13/c29-8-17-21(34)23(36)24(37)26(40-17)19-13(7-28(11-31)27(38)22(35)18(9-30)41-28)3-6-15-20(33)16(10-39-25(15)19)12-1-4-14(32)5-2-12/h1-6,10,17-18,21-24,26-27,29-32,34-38H,7-9,11H2/t17-,18-,21-,22-,23+,24-,26+,27+,28+/m1/s1. The predicted molar refractivity (Wildman–Crippen MR) is 140 cm³/mol. The van der Waals surface area contributed by atoms with Crippen molar-refractivity contribution in [2.45, 2.75) is 60.9 Å². The van der Waals surface area contributed by atoms with Crippen LogP contribution in [0.15, 0.2) is 51.9 Å². The van der Waals surface area contributed by atoms with Gasteiger partial charge in [-0.05, 0) is 29.3 Å². The van der Waals surface area contributed by atoms with E-state index in [1.54, 1.807) is 0 Å². The van der Waals surface area contributed by atoms with E-state index in [1.165, 1.54) is 42.7 Å². The maximum absolute atomic E-state index is 13.6. The van der Waals surface area contributed by atoms with Crippen molar-refractivity contribution >= 4 is 11.0 Å². The molecule has 0 saturated carbocycles. The molecule has 0 bridgehead atoms. The third-order valence-corrected chi connectivity index (χ3v) is 7.99. The second kappa shape index (κ2) is 11.4. The second-order valence-corrected chi connectivity index (χ2v) is 10.5. The van der Waals surface area contributed by atoms with E-state index in [-0.39, 0.29) is 39.8 Å². The molecule has 0 aliphatic carbocycles. The Morgan fingerprint density at radius 3 is 2.10 bits per heavy atom. The van der Waals surface area contributed by atoms with E-state index in [2.05, 4.69) is 0 Å². The molecule has 2 aliphatic heterocycles. The quantitative estimate of drug-likeness (QED) is 0.149. The van der Waals surface area contributed by atoms with Crippen LogP contribution in [-0.2, 0) is 15.9 Å². The fourth-order valence-electron chi connectivity index (χ4n) is 5.66. The zero-order valence-corrected chi connectivity index (χ0v) is 21.6. The first kappa shape index (κ1) is 29.5. The van der Waals surface area contributed by atoms with E-state index in [4.69, 9.17) is 13.9 Å². The first-order valence-electron chi connectivity index (χ1n) is 13.0. The highest BCUT2D eigenvalue weighted by Crippen LogP contribution is 2.41. The van der Waals surface area contributed by atoms with Gasteiger partial charge in [0.1, 0.15) is 72.0 Å². The largest absolute Gasteiger partial charge is 0.508 e. The molecule has 222 valence electrons. The van der Waals surface area contributed by atoms with Crippen molar-refractivity contribution in [3.05, 3.63) is 64.0 Å². The fourth-order valence-corrected chi connectivity index (χ4v) is 5.66. The highest BCUT2D eigenvalue weighted by atomic mass is 16.6. The molecule has 9 N–H and O–H groups in total. The zero-order chi connectivity index (χ0) is 29.6. The van der Waals surface area contributed by atoms with E-state index < -0.39 is 79.7 Å². The maximum Gasteiger partial charge on any atom is 0.200 e. The summed E-state index contributed by atoms with van der Waals surface area (Å²) in [6, 6.07) is 8.70. The predicted octanol–water partition coefficient (Wildman–Crippen LogP) is -1.93. The van der Waals surface area contributed by atoms with Crippen molar-refractivity contribution in [3.63, 3.8) is 0 Å². The molecule has 0 spiro atoms. The van der Waals surface area contributed by atoms with Crippen molar-refractivity contribution in [2.24, 2.45) is 0 Å². The van der Waals surface area contributed by atoms with Gasteiger partial charge in [-0.1, -0.05) is 18.2 Å². The molecule has 9 atom stereocenters. The highest BCUT2D eigenvalue weighted by molar-refractivity contribution is 5.85. The van der Waals surface area contributed by atoms with Gasteiger partial charge in [0.25, 0.3) is 0 Å². The van der Waals surface area contributed by atoms with E-state index in [0.717, 1.165) is 0 Å². The smallest absolute Gasteiger partial charge is 0.200 e. The Labute approximate surface area is 232 Å². The number of aliphatic hydroxyl groups excluding tert-OH is 8. The van der Waals surface area contributed by atoms with E-state index in [1.807, 2.05) is 0 Å². The Morgan fingerprint density at radius 1 is 0.805 bits per heavy atom. The normalized spacial score (nSPS) is 33.9. The molecule has 0 unspecified atom stereocenters. The summed E-state index contributed by atoms with van der Waals surface area (Å²) in [6.45, 7) is -2.16. The lowest BCUT2D eigenvalue weighted by Gasteiger charge is -2.41. The third kappa shape index (κ3) is 4.93. The van der Waals surface area contributed by atoms with Crippen molar-refractivity contribution in [1.82, 2.24) is 0 Å². The number of phenols is 1. The number of rotatable bonds is 7. The Hall–Kier alpha value is -2.95. The van der Waals surface area contributed by atoms with Crippen LogP contribution in [-0.4, -0.2) is 114 Å². The van der Waals surface area contributed by atoms with Gasteiger partial charge in [0, 0.05) is 12.0 Å². The van der Waals surface area contributed by atoms with Crippen LogP contribution in [0.25, 0.3) is 22.1 Å². The summed E-state index contributed by atoms with van der Waals surface area (Å²) in [7, 11) is 0. The molecule has 1 aromatic heterocycles. The lowest BCUT2D eigenvalue weighted by atomic mass is 9.82. The number of aromatic hydroxyl groups is 1. The van der Waals surface area contributed by atoms with Gasteiger partial charge >= 0.3 is 0 Å². The van der Waals surface area contributed by atoms with Gasteiger partial charge in [0.2, 0.25) is 5.43 Å². The minimum atomic E-state index is -1.82. The number of fused-ring (bicyclic) bond motifs is 1. The van der Waals surface area contributed by atoms with Crippen LogP contribution in [0, 0.1) is 0 Å².